The zero-order valence-electron chi connectivity index (χ0n) is 4.34. The fourth-order valence-electron chi connectivity index (χ4n) is 0. The van der Waals surface area contributed by atoms with Crippen LogP contribution in [0.3, 0.4) is 0 Å². The van der Waals surface area contributed by atoms with Crippen molar-refractivity contribution in [2.45, 2.75) is 20.3 Å². The molecule has 0 aromatic rings. The second-order valence-corrected chi connectivity index (χ2v) is 15.0. The quantitative estimate of drug-likeness (QED) is 0.641. The first-order chi connectivity index (χ1) is 3.15. The molecule has 0 aliphatic carbocycles. The Bertz CT molecular complexity index is 21.4. The summed E-state index contributed by atoms with van der Waals surface area (Å²) in [5.41, 5.74) is 0. The summed E-state index contributed by atoms with van der Waals surface area (Å²) in [7, 11) is 0. The van der Waals surface area contributed by atoms with E-state index < -0.39 is 29.9 Å². The van der Waals surface area contributed by atoms with Gasteiger partial charge in [-0.15, -0.1) is 0 Å². The summed E-state index contributed by atoms with van der Waals surface area (Å²) in [6.45, 7) is 4.25. The summed E-state index contributed by atoms with van der Waals surface area (Å²) in [5, 5.41) is 0. The van der Waals surface area contributed by atoms with Gasteiger partial charge in [0.25, 0.3) is 0 Å². The van der Waals surface area contributed by atoms with E-state index >= 15 is 0 Å². The third-order valence-corrected chi connectivity index (χ3v) is 0. The molecule has 0 aliphatic rings. The molecule has 0 fully saturated rings. The van der Waals surface area contributed by atoms with Gasteiger partial charge in [-0.1, -0.05) is 20.3 Å². The van der Waals surface area contributed by atoms with Crippen molar-refractivity contribution in [1.29, 1.82) is 0 Å². The van der Waals surface area contributed by atoms with Crippen LogP contribution in [0.2, 0.25) is 0 Å². The van der Waals surface area contributed by atoms with Crippen LogP contribution in [0.25, 0.3) is 0 Å². The van der Waals surface area contributed by atoms with Gasteiger partial charge in [0.15, 0.2) is 0 Å². The van der Waals surface area contributed by atoms with Crippen molar-refractivity contribution in [2.75, 3.05) is 0 Å². The van der Waals surface area contributed by atoms with Gasteiger partial charge in [-0.05, 0) is 0 Å². The Labute approximate surface area is 66.2 Å². The van der Waals surface area contributed by atoms with Crippen molar-refractivity contribution < 1.29 is 29.9 Å². The Morgan fingerprint density at radius 2 is 1.14 bits per heavy atom. The van der Waals surface area contributed by atoms with Crippen molar-refractivity contribution >= 4 is 17.4 Å². The molecular weight excluding hydrogens is 287 g/mol. The maximum absolute atomic E-state index is 5.02. The Balaban J connectivity index is 0. The Hall–Kier alpha value is 2.22. The van der Waals surface area contributed by atoms with Crippen LogP contribution in [-0.4, -0.2) is 0 Å². The van der Waals surface area contributed by atoms with E-state index in [9.17, 15) is 0 Å². The normalized spacial score (nSPS) is 6.43. The summed E-state index contributed by atoms with van der Waals surface area (Å²) in [4.78, 5) is 0. The van der Waals surface area contributed by atoms with Gasteiger partial charge in [0.2, 0.25) is 0 Å². The molecule has 0 N–H and O–H groups in total. The molecule has 0 heterocycles. The van der Waals surface area contributed by atoms with E-state index in [2.05, 4.69) is 13.8 Å². The third-order valence-electron chi connectivity index (χ3n) is 0. The van der Waals surface area contributed by atoms with Crippen LogP contribution < -0.4 is 0 Å². The topological polar surface area (TPSA) is 0 Å². The molecule has 0 unspecified atom stereocenters. The van der Waals surface area contributed by atoms with Crippen LogP contribution in [0.15, 0.2) is 0 Å². The van der Waals surface area contributed by atoms with Crippen LogP contribution in [0.5, 0.6) is 0 Å². The Morgan fingerprint density at radius 3 is 1.14 bits per heavy atom. The Kier molecular flexibility index (Phi) is 18.9. The van der Waals surface area contributed by atoms with Gasteiger partial charge in [0.1, 0.15) is 0 Å². The molecule has 0 nitrogen and oxygen atoms in total. The van der Waals surface area contributed by atoms with Gasteiger partial charge in [0.05, 0.1) is 0 Å². The predicted molar refractivity (Wildman–Crippen MR) is 33.5 cm³/mol. The van der Waals surface area contributed by atoms with Crippen molar-refractivity contribution in [3.05, 3.63) is 0 Å². The summed E-state index contributed by atoms with van der Waals surface area (Å²) >= 11 is -2.24. The van der Waals surface area contributed by atoms with Gasteiger partial charge in [0, 0.05) is 0 Å². The van der Waals surface area contributed by atoms with E-state index in [4.69, 9.17) is 17.4 Å². The van der Waals surface area contributed by atoms with E-state index in [1.54, 1.807) is 0 Å². The van der Waals surface area contributed by atoms with Gasteiger partial charge in [-0.2, -0.15) is 0 Å². The molecule has 0 aromatic heterocycles. The minimum absolute atomic E-state index is 1.25. The second-order valence-electron chi connectivity index (χ2n) is 0.921. The molecular formula is C3H8Cl3Nd. The van der Waals surface area contributed by atoms with Crippen molar-refractivity contribution in [1.82, 2.24) is 0 Å². The molecule has 7 heavy (non-hydrogen) atoms. The summed E-state index contributed by atoms with van der Waals surface area (Å²) in [6.07, 6.45) is 1.25. The number of rotatable bonds is 0. The summed E-state index contributed by atoms with van der Waals surface area (Å²) < 4.78 is 0. The first-order valence-corrected chi connectivity index (χ1v) is 14.0. The van der Waals surface area contributed by atoms with Gasteiger partial charge in [-0.3, -0.25) is 0 Å². The van der Waals surface area contributed by atoms with Gasteiger partial charge >= 0.3 is 47.3 Å². The molecule has 0 amide bonds. The van der Waals surface area contributed by atoms with Crippen molar-refractivity contribution in [2.24, 2.45) is 0 Å². The summed E-state index contributed by atoms with van der Waals surface area (Å²) in [6, 6.07) is 0. The number of halogens is 3. The molecule has 0 radical (unpaired) electrons. The first-order valence-electron chi connectivity index (χ1n) is 1.98. The van der Waals surface area contributed by atoms with Crippen LogP contribution in [0.1, 0.15) is 20.3 Å². The van der Waals surface area contributed by atoms with Crippen LogP contribution in [-0.2, 0) is 0 Å². The molecule has 0 bridgehead atoms. The third kappa shape index (κ3) is 64.5. The van der Waals surface area contributed by atoms with Gasteiger partial charge in [-0.25, -0.2) is 0 Å². The molecule has 45 valence electrons. The predicted octanol–water partition coefficient (Wildman–Crippen LogP) is 3.48. The molecule has 0 aliphatic heterocycles. The van der Waals surface area contributed by atoms with E-state index in [0.717, 1.165) is 0 Å². The molecule has 0 atom stereocenters. The molecule has 0 spiro atoms. The van der Waals surface area contributed by atoms with Crippen molar-refractivity contribution in [3.8, 4) is 0 Å². The summed E-state index contributed by atoms with van der Waals surface area (Å²) in [5.74, 6) is 15.1. The zero-order valence-corrected chi connectivity index (χ0v) is 9.82. The molecule has 0 aromatic carbocycles. The molecule has 4 heteroatoms. The van der Waals surface area contributed by atoms with E-state index in [-0.39, 0.29) is 0 Å². The fraction of sp³-hybridized carbons (Fsp3) is 1.00. The monoisotopic (exact) mass is 291 g/mol. The maximum atomic E-state index is 5.02. The van der Waals surface area contributed by atoms with E-state index in [0.29, 0.717) is 0 Å². The fourth-order valence-corrected chi connectivity index (χ4v) is 0. The van der Waals surface area contributed by atoms with Crippen molar-refractivity contribution in [3.63, 3.8) is 0 Å². The molecule has 0 saturated heterocycles. The van der Waals surface area contributed by atoms with Gasteiger partial charge < -0.3 is 0 Å². The average molecular weight is 295 g/mol. The van der Waals surface area contributed by atoms with Crippen LogP contribution in [0.4, 0.5) is 0 Å². The SMILES string of the molecule is CCC.[Cl][Nd]([Cl])[Cl]. The second kappa shape index (κ2) is 11.1. The van der Waals surface area contributed by atoms with Crippen LogP contribution in [0, 0.1) is 29.9 Å². The Morgan fingerprint density at radius 1 is 1.14 bits per heavy atom. The number of hydrogen-bond donors (Lipinski definition) is 0. The first kappa shape index (κ1) is 12.0. The molecule has 0 saturated carbocycles. The minimum atomic E-state index is -2.24. The average Bonchev–Trinajstić information content (AvgIpc) is 1.33. The van der Waals surface area contributed by atoms with Crippen LogP contribution >= 0.6 is 17.4 Å². The number of hydrogen-bond acceptors (Lipinski definition) is 0. The standard InChI is InChI=1S/C3H8.3ClH.Nd/c1-3-2;;;;/h3H2,1-2H3;3*1H;/q;;;;+3/p-3. The molecule has 0 rings (SSSR count). The van der Waals surface area contributed by atoms with E-state index in [1.807, 2.05) is 0 Å². The van der Waals surface area contributed by atoms with E-state index in [1.165, 1.54) is 6.42 Å². The zero-order chi connectivity index (χ0) is 6.28.